The molecule has 230 valence electrons. The van der Waals surface area contributed by atoms with Gasteiger partial charge in [-0.05, 0) is 52.3 Å². The number of urea groups is 1. The van der Waals surface area contributed by atoms with Gasteiger partial charge in [-0.3, -0.25) is 9.78 Å². The van der Waals surface area contributed by atoms with Crippen LogP contribution in [0.25, 0.3) is 0 Å². The number of anilines is 2. The predicted molar refractivity (Wildman–Crippen MR) is 175 cm³/mol. The molecule has 0 radical (unpaired) electrons. The fraction of sp³-hybridized carbons (Fsp3) is 0.306. The van der Waals surface area contributed by atoms with Crippen molar-refractivity contribution in [3.05, 3.63) is 113 Å². The number of aromatic nitrogens is 1. The number of ether oxygens (including phenoxy) is 1. The molecule has 1 aromatic heterocycles. The third kappa shape index (κ3) is 7.95. The highest BCUT2D eigenvalue weighted by Gasteiger charge is 2.28. The van der Waals surface area contributed by atoms with Gasteiger partial charge in [0.1, 0.15) is 11.5 Å². The van der Waals surface area contributed by atoms with Gasteiger partial charge in [0.15, 0.2) is 0 Å². The van der Waals surface area contributed by atoms with Crippen molar-refractivity contribution in [2.24, 2.45) is 0 Å². The summed E-state index contributed by atoms with van der Waals surface area (Å²) in [6, 6.07) is 21.7. The van der Waals surface area contributed by atoms with Crippen LogP contribution in [0.15, 0.2) is 85.2 Å². The first-order chi connectivity index (χ1) is 20.8. The molecule has 8 heteroatoms. The van der Waals surface area contributed by atoms with Crippen molar-refractivity contribution in [1.82, 2.24) is 9.88 Å². The summed E-state index contributed by atoms with van der Waals surface area (Å²) in [5.74, 6) is 0.343. The molecule has 4 rings (SSSR count). The summed E-state index contributed by atoms with van der Waals surface area (Å²) in [6.45, 7) is 12.7. The summed E-state index contributed by atoms with van der Waals surface area (Å²) < 4.78 is 5.44. The summed E-state index contributed by atoms with van der Waals surface area (Å²) in [5.41, 5.74) is 3.64. The Balaban J connectivity index is 1.67. The van der Waals surface area contributed by atoms with E-state index in [0.717, 1.165) is 11.1 Å². The maximum Gasteiger partial charge on any atom is 0.322 e. The Morgan fingerprint density at radius 1 is 0.795 bits per heavy atom. The number of nitrogens with zero attached hydrogens (tertiary/aromatic N) is 2. The van der Waals surface area contributed by atoms with E-state index in [2.05, 4.69) is 15.6 Å². The van der Waals surface area contributed by atoms with E-state index < -0.39 is 10.8 Å². The Morgan fingerprint density at radius 2 is 1.41 bits per heavy atom. The number of pyridine rings is 1. The molecule has 44 heavy (non-hydrogen) atoms. The Hall–Kier alpha value is -4.85. The largest absolute Gasteiger partial charge is 0.507 e. The number of aromatic hydroxyl groups is 1. The van der Waals surface area contributed by atoms with Crippen molar-refractivity contribution in [3.63, 3.8) is 0 Å². The van der Waals surface area contributed by atoms with Crippen molar-refractivity contribution < 1.29 is 19.4 Å². The van der Waals surface area contributed by atoms with E-state index in [9.17, 15) is 14.7 Å². The second kappa shape index (κ2) is 13.2. The summed E-state index contributed by atoms with van der Waals surface area (Å²) in [6.07, 6.45) is 3.43. The number of hydrogen-bond acceptors (Lipinski definition) is 5. The first-order valence-electron chi connectivity index (χ1n) is 14.6. The van der Waals surface area contributed by atoms with E-state index in [4.69, 9.17) is 4.74 Å². The lowest BCUT2D eigenvalue weighted by Crippen LogP contribution is -2.34. The summed E-state index contributed by atoms with van der Waals surface area (Å²) in [5, 5.41) is 17.1. The highest BCUT2D eigenvalue weighted by molar-refractivity contribution is 6.07. The number of methoxy groups -OCH3 is 1. The molecule has 0 bridgehead atoms. The summed E-state index contributed by atoms with van der Waals surface area (Å²) >= 11 is 0. The summed E-state index contributed by atoms with van der Waals surface area (Å²) in [7, 11) is 1.54. The normalized spacial score (nSPS) is 11.5. The number of rotatable bonds is 8. The average Bonchev–Trinajstić information content (AvgIpc) is 2.97. The molecule has 3 amide bonds. The minimum Gasteiger partial charge on any atom is -0.507 e. The van der Waals surface area contributed by atoms with Crippen molar-refractivity contribution in [1.29, 1.82) is 0 Å². The lowest BCUT2D eigenvalue weighted by Gasteiger charge is -2.28. The van der Waals surface area contributed by atoms with Gasteiger partial charge in [-0.15, -0.1) is 0 Å². The van der Waals surface area contributed by atoms with Crippen molar-refractivity contribution in [2.45, 2.75) is 65.5 Å². The number of carbonyl (C=O) groups excluding carboxylic acids is 2. The molecule has 0 atom stereocenters. The Kier molecular flexibility index (Phi) is 9.62. The van der Waals surface area contributed by atoms with Crippen molar-refractivity contribution in [2.75, 3.05) is 17.7 Å². The lowest BCUT2D eigenvalue weighted by atomic mass is 9.78. The third-order valence-corrected chi connectivity index (χ3v) is 7.30. The van der Waals surface area contributed by atoms with Gasteiger partial charge in [0.2, 0.25) is 0 Å². The zero-order valence-corrected chi connectivity index (χ0v) is 26.6. The monoisotopic (exact) mass is 594 g/mol. The molecule has 0 saturated carbocycles. The van der Waals surface area contributed by atoms with Crippen LogP contribution in [-0.4, -0.2) is 34.0 Å². The minimum absolute atomic E-state index is 0.197. The first kappa shape index (κ1) is 32.1. The van der Waals surface area contributed by atoms with Crippen LogP contribution < -0.4 is 15.4 Å². The molecular formula is C36H42N4O4. The fourth-order valence-electron chi connectivity index (χ4n) is 4.88. The lowest BCUT2D eigenvalue weighted by molar-refractivity contribution is 0.102. The molecule has 8 nitrogen and oxygen atoms in total. The zero-order chi connectivity index (χ0) is 32.1. The van der Waals surface area contributed by atoms with Crippen LogP contribution in [0.1, 0.15) is 74.2 Å². The number of phenols is 1. The maximum atomic E-state index is 13.8. The van der Waals surface area contributed by atoms with Gasteiger partial charge >= 0.3 is 6.03 Å². The number of amides is 3. The molecular weight excluding hydrogens is 552 g/mol. The topological polar surface area (TPSA) is 104 Å². The Bertz CT molecular complexity index is 1530. The number of carbonyl (C=O) groups is 2. The van der Waals surface area contributed by atoms with Crippen LogP contribution in [-0.2, 0) is 23.9 Å². The average molecular weight is 595 g/mol. The first-order valence-corrected chi connectivity index (χ1v) is 14.6. The standard InChI is InChI=1S/C36H42N4O4/c1-35(2,3)28-18-26(19-29(32(28)41)36(4,5)6)33(42)38-31-20-27(44-7)15-16-30(31)39-34(43)40(22-24-12-9-8-10-13-24)23-25-14-11-17-37-21-25/h8-21,41H,22-23H2,1-7H3,(H,38,42)(H,39,43). The van der Waals surface area contributed by atoms with E-state index in [1.807, 2.05) is 84.0 Å². The smallest absolute Gasteiger partial charge is 0.322 e. The highest BCUT2D eigenvalue weighted by atomic mass is 16.5. The quantitative estimate of drug-likeness (QED) is 0.193. The second-order valence-electron chi connectivity index (χ2n) is 12.9. The molecule has 0 aliphatic heterocycles. The van der Waals surface area contributed by atoms with Gasteiger partial charge in [0.05, 0.1) is 18.5 Å². The molecule has 0 unspecified atom stereocenters. The van der Waals surface area contributed by atoms with E-state index in [1.165, 1.54) is 0 Å². The molecule has 3 aromatic carbocycles. The van der Waals surface area contributed by atoms with Crippen LogP contribution in [0, 0.1) is 0 Å². The molecule has 0 aliphatic rings. The fourth-order valence-corrected chi connectivity index (χ4v) is 4.88. The number of benzene rings is 3. The number of nitrogens with one attached hydrogen (secondary N) is 2. The van der Waals surface area contributed by atoms with Gasteiger partial charge in [0.25, 0.3) is 5.91 Å². The Labute approximate surface area is 260 Å². The number of phenolic OH excluding ortho intramolecular Hbond substituents is 1. The molecule has 0 fully saturated rings. The molecule has 4 aromatic rings. The van der Waals surface area contributed by atoms with E-state index >= 15 is 0 Å². The number of hydrogen-bond donors (Lipinski definition) is 3. The van der Waals surface area contributed by atoms with Gasteiger partial charge in [-0.25, -0.2) is 4.79 Å². The van der Waals surface area contributed by atoms with Gasteiger partial charge in [0, 0.05) is 48.2 Å². The maximum absolute atomic E-state index is 13.8. The SMILES string of the molecule is COc1ccc(NC(=O)N(Cc2ccccc2)Cc2cccnc2)c(NC(=O)c2cc(C(C)(C)C)c(O)c(C(C)(C)C)c2)c1. The van der Waals surface area contributed by atoms with Crippen LogP contribution in [0.4, 0.5) is 16.2 Å². The van der Waals surface area contributed by atoms with Crippen LogP contribution in [0.3, 0.4) is 0 Å². The molecule has 0 spiro atoms. The van der Waals surface area contributed by atoms with E-state index in [0.29, 0.717) is 46.9 Å². The van der Waals surface area contributed by atoms with E-state index in [1.54, 1.807) is 54.7 Å². The molecule has 0 aliphatic carbocycles. The van der Waals surface area contributed by atoms with Crippen LogP contribution in [0.2, 0.25) is 0 Å². The van der Waals surface area contributed by atoms with Crippen LogP contribution >= 0.6 is 0 Å². The van der Waals surface area contributed by atoms with Crippen LogP contribution in [0.5, 0.6) is 11.5 Å². The molecule has 0 saturated heterocycles. The third-order valence-electron chi connectivity index (χ3n) is 7.30. The van der Waals surface area contributed by atoms with Crippen molar-refractivity contribution in [3.8, 4) is 11.5 Å². The van der Waals surface area contributed by atoms with Gasteiger partial charge in [-0.1, -0.05) is 77.9 Å². The predicted octanol–water partition coefficient (Wildman–Crippen LogP) is 7.88. The second-order valence-corrected chi connectivity index (χ2v) is 12.9. The molecule has 1 heterocycles. The highest BCUT2D eigenvalue weighted by Crippen LogP contribution is 2.40. The minimum atomic E-state index is -0.397. The van der Waals surface area contributed by atoms with Crippen molar-refractivity contribution >= 4 is 23.3 Å². The van der Waals surface area contributed by atoms with Gasteiger partial charge in [-0.2, -0.15) is 0 Å². The van der Waals surface area contributed by atoms with Gasteiger partial charge < -0.3 is 25.4 Å². The summed E-state index contributed by atoms with van der Waals surface area (Å²) in [4.78, 5) is 33.4. The Morgan fingerprint density at radius 3 is 1.98 bits per heavy atom. The molecule has 3 N–H and O–H groups in total. The zero-order valence-electron chi connectivity index (χ0n) is 26.6. The van der Waals surface area contributed by atoms with E-state index in [-0.39, 0.29) is 17.7 Å².